The van der Waals surface area contributed by atoms with Crippen molar-refractivity contribution in [2.24, 2.45) is 11.7 Å². The van der Waals surface area contributed by atoms with E-state index in [4.69, 9.17) is 5.73 Å². The molecule has 0 aliphatic heterocycles. The highest BCUT2D eigenvalue weighted by atomic mass is 19.1. The third-order valence-corrected chi connectivity index (χ3v) is 3.04. The highest BCUT2D eigenvalue weighted by Crippen LogP contribution is 2.21. The molecule has 0 aliphatic rings. The van der Waals surface area contributed by atoms with E-state index in [1.165, 1.54) is 12.3 Å². The van der Waals surface area contributed by atoms with Crippen LogP contribution in [0.1, 0.15) is 26.3 Å². The zero-order valence-electron chi connectivity index (χ0n) is 10.4. The number of pyridine rings is 1. The number of aromatic nitrogens is 1. The van der Waals surface area contributed by atoms with Gasteiger partial charge >= 0.3 is 0 Å². The van der Waals surface area contributed by atoms with Gasteiger partial charge in [0.25, 0.3) is 0 Å². The normalized spacial score (nSPS) is 12.9. The Labute approximate surface area is 96.5 Å². The van der Waals surface area contributed by atoms with Crippen molar-refractivity contribution in [2.45, 2.75) is 33.4 Å². The maximum atomic E-state index is 13.0. The summed E-state index contributed by atoms with van der Waals surface area (Å²) in [6.07, 6.45) is 1.23. The van der Waals surface area contributed by atoms with Crippen LogP contribution in [-0.4, -0.2) is 18.1 Å². The summed E-state index contributed by atoms with van der Waals surface area (Å²) < 4.78 is 13.0. The number of anilines is 1. The van der Waals surface area contributed by atoms with Crippen LogP contribution in [-0.2, 0) is 6.54 Å². The molecular formula is C12H20FN3. The lowest BCUT2D eigenvalue weighted by Gasteiger charge is -2.30. The van der Waals surface area contributed by atoms with Gasteiger partial charge in [-0.25, -0.2) is 9.37 Å². The molecule has 16 heavy (non-hydrogen) atoms. The molecule has 0 saturated heterocycles. The summed E-state index contributed by atoms with van der Waals surface area (Å²) in [6.45, 7) is 6.71. The highest BCUT2D eigenvalue weighted by Gasteiger charge is 2.17. The van der Waals surface area contributed by atoms with Crippen LogP contribution in [0.4, 0.5) is 10.2 Å². The van der Waals surface area contributed by atoms with Crippen LogP contribution in [0.2, 0.25) is 0 Å². The van der Waals surface area contributed by atoms with Crippen LogP contribution in [0.3, 0.4) is 0 Å². The highest BCUT2D eigenvalue weighted by molar-refractivity contribution is 5.47. The monoisotopic (exact) mass is 225 g/mol. The Kier molecular flexibility index (Phi) is 4.24. The lowest BCUT2D eigenvalue weighted by Crippen LogP contribution is -2.34. The Morgan fingerprint density at radius 2 is 2.06 bits per heavy atom. The summed E-state index contributed by atoms with van der Waals surface area (Å²) in [5.74, 6) is 0.933. The van der Waals surface area contributed by atoms with E-state index >= 15 is 0 Å². The van der Waals surface area contributed by atoms with Crippen molar-refractivity contribution < 1.29 is 4.39 Å². The fourth-order valence-corrected chi connectivity index (χ4v) is 1.58. The standard InChI is InChI=1S/C12H20FN3/c1-8(2)9(3)16(4)12-10(6-14)5-11(13)7-15-12/h5,7-9H,6,14H2,1-4H3. The molecule has 3 nitrogen and oxygen atoms in total. The Hall–Kier alpha value is -1.16. The molecule has 0 bridgehead atoms. The molecule has 1 rings (SSSR count). The smallest absolute Gasteiger partial charge is 0.141 e. The molecule has 0 fully saturated rings. The first kappa shape index (κ1) is 12.9. The molecular weight excluding hydrogens is 205 g/mol. The quantitative estimate of drug-likeness (QED) is 0.853. The van der Waals surface area contributed by atoms with Crippen molar-refractivity contribution in [3.63, 3.8) is 0 Å². The van der Waals surface area contributed by atoms with Crippen molar-refractivity contribution >= 4 is 5.82 Å². The van der Waals surface area contributed by atoms with Gasteiger partial charge in [-0.15, -0.1) is 0 Å². The van der Waals surface area contributed by atoms with Crippen LogP contribution in [0, 0.1) is 11.7 Å². The maximum absolute atomic E-state index is 13.0. The third kappa shape index (κ3) is 2.70. The molecule has 1 aromatic rings. The first-order chi connectivity index (χ1) is 7.47. The van der Waals surface area contributed by atoms with Gasteiger partial charge < -0.3 is 10.6 Å². The first-order valence-corrected chi connectivity index (χ1v) is 5.54. The van der Waals surface area contributed by atoms with Gasteiger partial charge in [0.2, 0.25) is 0 Å². The molecule has 1 atom stereocenters. The van der Waals surface area contributed by atoms with Gasteiger partial charge in [-0.2, -0.15) is 0 Å². The second-order valence-electron chi connectivity index (χ2n) is 4.44. The minimum atomic E-state index is -0.338. The van der Waals surface area contributed by atoms with Gasteiger partial charge in [0, 0.05) is 25.2 Å². The number of hydrogen-bond donors (Lipinski definition) is 1. The van der Waals surface area contributed by atoms with E-state index in [9.17, 15) is 4.39 Å². The number of halogens is 1. The topological polar surface area (TPSA) is 42.2 Å². The van der Waals surface area contributed by atoms with Crippen LogP contribution in [0.15, 0.2) is 12.3 Å². The SMILES string of the molecule is CC(C)C(C)N(C)c1ncc(F)cc1CN. The molecule has 0 aromatic carbocycles. The summed E-state index contributed by atoms with van der Waals surface area (Å²) in [5.41, 5.74) is 6.35. The first-order valence-electron chi connectivity index (χ1n) is 5.54. The molecule has 1 aromatic heterocycles. The molecule has 0 spiro atoms. The zero-order chi connectivity index (χ0) is 12.3. The van der Waals surface area contributed by atoms with E-state index in [0.29, 0.717) is 18.5 Å². The van der Waals surface area contributed by atoms with E-state index in [-0.39, 0.29) is 5.82 Å². The van der Waals surface area contributed by atoms with Crippen LogP contribution < -0.4 is 10.6 Å². The molecule has 0 radical (unpaired) electrons. The molecule has 90 valence electrons. The molecule has 1 heterocycles. The van der Waals surface area contributed by atoms with Gasteiger partial charge in [-0.1, -0.05) is 13.8 Å². The summed E-state index contributed by atoms with van der Waals surface area (Å²) in [6, 6.07) is 1.79. The lowest BCUT2D eigenvalue weighted by atomic mass is 10.0. The van der Waals surface area contributed by atoms with Gasteiger partial charge in [0.15, 0.2) is 0 Å². The van der Waals surface area contributed by atoms with Gasteiger partial charge in [0.05, 0.1) is 6.20 Å². The van der Waals surface area contributed by atoms with Gasteiger partial charge in [-0.3, -0.25) is 0 Å². The summed E-state index contributed by atoms with van der Waals surface area (Å²) in [4.78, 5) is 6.17. The summed E-state index contributed by atoms with van der Waals surface area (Å²) in [7, 11) is 1.96. The number of rotatable bonds is 4. The summed E-state index contributed by atoms with van der Waals surface area (Å²) in [5, 5.41) is 0. The largest absolute Gasteiger partial charge is 0.356 e. The Morgan fingerprint density at radius 3 is 2.56 bits per heavy atom. The number of nitrogens with two attached hydrogens (primary N) is 1. The average molecular weight is 225 g/mol. The van der Waals surface area contributed by atoms with Crippen molar-refractivity contribution in [1.29, 1.82) is 0 Å². The van der Waals surface area contributed by atoms with Gasteiger partial charge in [0.1, 0.15) is 11.6 Å². The fraction of sp³-hybridized carbons (Fsp3) is 0.583. The Balaban J connectivity index is 3.03. The van der Waals surface area contributed by atoms with E-state index in [1.54, 1.807) is 0 Å². The van der Waals surface area contributed by atoms with Crippen LogP contribution in [0.25, 0.3) is 0 Å². The maximum Gasteiger partial charge on any atom is 0.141 e. The number of hydrogen-bond acceptors (Lipinski definition) is 3. The predicted molar refractivity (Wildman–Crippen MR) is 64.8 cm³/mol. The zero-order valence-corrected chi connectivity index (χ0v) is 10.4. The third-order valence-electron chi connectivity index (χ3n) is 3.04. The summed E-state index contributed by atoms with van der Waals surface area (Å²) >= 11 is 0. The Morgan fingerprint density at radius 1 is 1.44 bits per heavy atom. The second kappa shape index (κ2) is 5.25. The predicted octanol–water partition coefficient (Wildman–Crippen LogP) is 2.16. The molecule has 1 unspecified atom stereocenters. The Bertz CT molecular complexity index is 352. The fourth-order valence-electron chi connectivity index (χ4n) is 1.58. The van der Waals surface area contributed by atoms with E-state index in [1.807, 2.05) is 11.9 Å². The van der Waals surface area contributed by atoms with Crippen molar-refractivity contribution in [1.82, 2.24) is 4.98 Å². The minimum Gasteiger partial charge on any atom is -0.356 e. The average Bonchev–Trinajstić information content (AvgIpc) is 2.26. The van der Waals surface area contributed by atoms with E-state index in [2.05, 4.69) is 25.8 Å². The van der Waals surface area contributed by atoms with E-state index < -0.39 is 0 Å². The number of nitrogens with zero attached hydrogens (tertiary/aromatic N) is 2. The molecule has 0 aliphatic carbocycles. The van der Waals surface area contributed by atoms with Crippen LogP contribution >= 0.6 is 0 Å². The van der Waals surface area contributed by atoms with Crippen molar-refractivity contribution in [3.05, 3.63) is 23.6 Å². The molecule has 2 N–H and O–H groups in total. The second-order valence-corrected chi connectivity index (χ2v) is 4.44. The van der Waals surface area contributed by atoms with E-state index in [0.717, 1.165) is 11.4 Å². The molecule has 0 saturated carbocycles. The van der Waals surface area contributed by atoms with Gasteiger partial charge in [-0.05, 0) is 18.9 Å². The van der Waals surface area contributed by atoms with Crippen LogP contribution in [0.5, 0.6) is 0 Å². The molecule has 4 heteroatoms. The molecule has 0 amide bonds. The minimum absolute atomic E-state index is 0.301. The van der Waals surface area contributed by atoms with Crippen molar-refractivity contribution in [3.8, 4) is 0 Å². The van der Waals surface area contributed by atoms with Crippen molar-refractivity contribution in [2.75, 3.05) is 11.9 Å². The lowest BCUT2D eigenvalue weighted by molar-refractivity contribution is 0.500.